The van der Waals surface area contributed by atoms with Crippen LogP contribution in [0, 0.1) is 5.82 Å². The molecule has 1 fully saturated rings. The standard InChI is InChI=1S/C22H23FN4O2/c23-19-9-4-8-18(15-19)22(28)27-11-5-10-26(12-13-27)16-21-24-20(25-29-21)14-17-6-2-1-3-7-17/h1-4,6-9,15H,5,10-14,16H2. The number of aromatic nitrogens is 2. The van der Waals surface area contributed by atoms with Crippen LogP contribution in [0.2, 0.25) is 0 Å². The Balaban J connectivity index is 1.33. The number of hydrogen-bond donors (Lipinski definition) is 0. The zero-order valence-electron chi connectivity index (χ0n) is 16.1. The van der Waals surface area contributed by atoms with Gasteiger partial charge in [-0.05, 0) is 30.2 Å². The molecule has 1 amide bonds. The van der Waals surface area contributed by atoms with Crippen LogP contribution in [0.1, 0.15) is 34.1 Å². The van der Waals surface area contributed by atoms with Gasteiger partial charge < -0.3 is 9.42 Å². The highest BCUT2D eigenvalue weighted by molar-refractivity contribution is 5.94. The Hall–Kier alpha value is -3.06. The summed E-state index contributed by atoms with van der Waals surface area (Å²) >= 11 is 0. The maximum atomic E-state index is 13.4. The quantitative estimate of drug-likeness (QED) is 0.665. The van der Waals surface area contributed by atoms with Gasteiger partial charge in [0.05, 0.1) is 6.54 Å². The van der Waals surface area contributed by atoms with Crippen LogP contribution in [0.15, 0.2) is 59.1 Å². The Kier molecular flexibility index (Phi) is 5.95. The van der Waals surface area contributed by atoms with Gasteiger partial charge in [-0.15, -0.1) is 0 Å². The van der Waals surface area contributed by atoms with Gasteiger partial charge in [0.1, 0.15) is 5.82 Å². The van der Waals surface area contributed by atoms with Crippen molar-refractivity contribution in [1.82, 2.24) is 19.9 Å². The summed E-state index contributed by atoms with van der Waals surface area (Å²) in [6.07, 6.45) is 1.48. The van der Waals surface area contributed by atoms with E-state index in [1.807, 2.05) is 30.3 Å². The second-order valence-corrected chi connectivity index (χ2v) is 7.20. The smallest absolute Gasteiger partial charge is 0.254 e. The maximum absolute atomic E-state index is 13.4. The number of carbonyl (C=O) groups is 1. The van der Waals surface area contributed by atoms with Gasteiger partial charge in [0, 0.05) is 38.2 Å². The first-order chi connectivity index (χ1) is 14.2. The van der Waals surface area contributed by atoms with E-state index in [9.17, 15) is 9.18 Å². The molecule has 0 N–H and O–H groups in total. The molecule has 0 atom stereocenters. The van der Waals surface area contributed by atoms with E-state index in [-0.39, 0.29) is 5.91 Å². The van der Waals surface area contributed by atoms with E-state index in [0.29, 0.717) is 49.9 Å². The van der Waals surface area contributed by atoms with Gasteiger partial charge >= 0.3 is 0 Å². The molecule has 7 heteroatoms. The first kappa shape index (κ1) is 19.3. The lowest BCUT2D eigenvalue weighted by molar-refractivity contribution is 0.0760. The van der Waals surface area contributed by atoms with Crippen LogP contribution in [-0.4, -0.2) is 52.0 Å². The minimum Gasteiger partial charge on any atom is -0.338 e. The van der Waals surface area contributed by atoms with Crippen LogP contribution >= 0.6 is 0 Å². The van der Waals surface area contributed by atoms with Crippen LogP contribution in [0.4, 0.5) is 4.39 Å². The molecule has 0 spiro atoms. The summed E-state index contributed by atoms with van der Waals surface area (Å²) in [6, 6.07) is 15.9. The molecule has 0 saturated carbocycles. The topological polar surface area (TPSA) is 62.5 Å². The summed E-state index contributed by atoms with van der Waals surface area (Å²) in [6.45, 7) is 3.33. The molecular formula is C22H23FN4O2. The molecule has 3 aromatic rings. The van der Waals surface area contributed by atoms with E-state index >= 15 is 0 Å². The molecule has 1 saturated heterocycles. The summed E-state index contributed by atoms with van der Waals surface area (Å²) < 4.78 is 18.8. The normalized spacial score (nSPS) is 15.3. The van der Waals surface area contributed by atoms with Crippen molar-refractivity contribution in [3.63, 3.8) is 0 Å². The van der Waals surface area contributed by atoms with Gasteiger partial charge in [-0.1, -0.05) is 41.6 Å². The molecule has 4 rings (SSSR count). The van der Waals surface area contributed by atoms with Crippen molar-refractivity contribution >= 4 is 5.91 Å². The lowest BCUT2D eigenvalue weighted by atomic mass is 10.1. The summed E-state index contributed by atoms with van der Waals surface area (Å²) in [4.78, 5) is 21.1. The lowest BCUT2D eigenvalue weighted by Gasteiger charge is -2.21. The Bertz CT molecular complexity index is 960. The van der Waals surface area contributed by atoms with Gasteiger partial charge in [-0.3, -0.25) is 9.69 Å². The van der Waals surface area contributed by atoms with Gasteiger partial charge in [0.25, 0.3) is 5.91 Å². The molecule has 6 nitrogen and oxygen atoms in total. The van der Waals surface area contributed by atoms with Crippen molar-refractivity contribution in [2.45, 2.75) is 19.4 Å². The van der Waals surface area contributed by atoms with Crippen LogP contribution in [0.3, 0.4) is 0 Å². The van der Waals surface area contributed by atoms with Crippen molar-refractivity contribution in [2.24, 2.45) is 0 Å². The molecule has 2 aromatic carbocycles. The molecule has 29 heavy (non-hydrogen) atoms. The van der Waals surface area contributed by atoms with Crippen molar-refractivity contribution in [3.05, 3.63) is 83.3 Å². The van der Waals surface area contributed by atoms with E-state index in [4.69, 9.17) is 4.52 Å². The van der Waals surface area contributed by atoms with Crippen LogP contribution in [0.25, 0.3) is 0 Å². The monoisotopic (exact) mass is 394 g/mol. The van der Waals surface area contributed by atoms with E-state index in [2.05, 4.69) is 15.0 Å². The maximum Gasteiger partial charge on any atom is 0.254 e. The Morgan fingerprint density at radius 1 is 1.03 bits per heavy atom. The molecule has 0 radical (unpaired) electrons. The lowest BCUT2D eigenvalue weighted by Crippen LogP contribution is -2.35. The highest BCUT2D eigenvalue weighted by Crippen LogP contribution is 2.13. The predicted molar refractivity (Wildman–Crippen MR) is 106 cm³/mol. The van der Waals surface area contributed by atoms with E-state index in [0.717, 1.165) is 18.5 Å². The van der Waals surface area contributed by atoms with Crippen LogP contribution < -0.4 is 0 Å². The van der Waals surface area contributed by atoms with Crippen LogP contribution in [0.5, 0.6) is 0 Å². The predicted octanol–water partition coefficient (Wildman–Crippen LogP) is 3.15. The number of hydrogen-bond acceptors (Lipinski definition) is 5. The van der Waals surface area contributed by atoms with Gasteiger partial charge in [-0.25, -0.2) is 4.39 Å². The van der Waals surface area contributed by atoms with Gasteiger partial charge in [0.2, 0.25) is 5.89 Å². The largest absolute Gasteiger partial charge is 0.338 e. The van der Waals surface area contributed by atoms with Crippen LogP contribution in [-0.2, 0) is 13.0 Å². The summed E-state index contributed by atoms with van der Waals surface area (Å²) in [7, 11) is 0. The molecule has 0 bridgehead atoms. The van der Waals surface area contributed by atoms with Crippen molar-refractivity contribution in [1.29, 1.82) is 0 Å². The fourth-order valence-corrected chi connectivity index (χ4v) is 3.53. The second kappa shape index (κ2) is 8.96. The van der Waals surface area contributed by atoms with E-state index in [1.165, 1.54) is 12.1 Å². The second-order valence-electron chi connectivity index (χ2n) is 7.20. The molecular weight excluding hydrogens is 371 g/mol. The number of halogens is 1. The fourth-order valence-electron chi connectivity index (χ4n) is 3.53. The average molecular weight is 394 g/mol. The van der Waals surface area contributed by atoms with E-state index in [1.54, 1.807) is 17.0 Å². The highest BCUT2D eigenvalue weighted by atomic mass is 19.1. The summed E-state index contributed by atoms with van der Waals surface area (Å²) in [5.74, 6) is 0.731. The molecule has 1 aliphatic rings. The number of amides is 1. The van der Waals surface area contributed by atoms with E-state index < -0.39 is 5.82 Å². The molecule has 1 aliphatic heterocycles. The third kappa shape index (κ3) is 5.06. The van der Waals surface area contributed by atoms with Gasteiger partial charge in [-0.2, -0.15) is 4.98 Å². The number of carbonyl (C=O) groups excluding carboxylic acids is 1. The zero-order chi connectivity index (χ0) is 20.1. The SMILES string of the molecule is O=C(c1cccc(F)c1)N1CCCN(Cc2nc(Cc3ccccc3)no2)CC1. The Morgan fingerprint density at radius 2 is 1.90 bits per heavy atom. The summed E-state index contributed by atoms with van der Waals surface area (Å²) in [5.41, 5.74) is 1.53. The Morgan fingerprint density at radius 3 is 2.72 bits per heavy atom. The number of nitrogens with zero attached hydrogens (tertiary/aromatic N) is 4. The minimum absolute atomic E-state index is 0.130. The molecule has 0 aliphatic carbocycles. The average Bonchev–Trinajstić information content (AvgIpc) is 3.03. The number of benzene rings is 2. The van der Waals surface area contributed by atoms with Crippen molar-refractivity contribution < 1.29 is 13.7 Å². The Labute approximate surface area is 168 Å². The van der Waals surface area contributed by atoms with Crippen molar-refractivity contribution in [3.8, 4) is 0 Å². The van der Waals surface area contributed by atoms with Crippen molar-refractivity contribution in [2.75, 3.05) is 26.2 Å². The molecule has 1 aromatic heterocycles. The summed E-state index contributed by atoms with van der Waals surface area (Å²) in [5, 5.41) is 4.08. The molecule has 150 valence electrons. The minimum atomic E-state index is -0.394. The third-order valence-electron chi connectivity index (χ3n) is 5.02. The fraction of sp³-hybridized carbons (Fsp3) is 0.318. The van der Waals surface area contributed by atoms with Gasteiger partial charge in [0.15, 0.2) is 5.82 Å². The number of rotatable bonds is 5. The molecule has 2 heterocycles. The zero-order valence-corrected chi connectivity index (χ0v) is 16.1. The first-order valence-corrected chi connectivity index (χ1v) is 9.80. The first-order valence-electron chi connectivity index (χ1n) is 9.80. The third-order valence-corrected chi connectivity index (χ3v) is 5.02. The molecule has 0 unspecified atom stereocenters. The highest BCUT2D eigenvalue weighted by Gasteiger charge is 2.22.